The summed E-state index contributed by atoms with van der Waals surface area (Å²) in [6.45, 7) is 6.03. The molecule has 0 aliphatic carbocycles. The number of benzene rings is 1. The lowest BCUT2D eigenvalue weighted by molar-refractivity contribution is 0.464. The lowest BCUT2D eigenvalue weighted by atomic mass is 9.95. The highest BCUT2D eigenvalue weighted by Gasteiger charge is 2.07. The Kier molecular flexibility index (Phi) is 12.3. The molecule has 0 fully saturated rings. The molecule has 0 atom stereocenters. The van der Waals surface area contributed by atoms with Crippen LogP contribution in [-0.4, -0.2) is 5.11 Å². The maximum absolute atomic E-state index is 10.2. The summed E-state index contributed by atoms with van der Waals surface area (Å²) in [5.74, 6) is 0.505. The van der Waals surface area contributed by atoms with Gasteiger partial charge in [0.1, 0.15) is 5.75 Å². The number of unbranched alkanes of at least 4 members (excludes halogenated alkanes) is 10. The van der Waals surface area contributed by atoms with E-state index in [-0.39, 0.29) is 0 Å². The Morgan fingerprint density at radius 2 is 1.46 bits per heavy atom. The maximum Gasteiger partial charge on any atom is 0.119 e. The summed E-state index contributed by atoms with van der Waals surface area (Å²) in [4.78, 5) is 0. The molecule has 1 aromatic rings. The van der Waals surface area contributed by atoms with Crippen molar-refractivity contribution >= 4 is 0 Å². The molecular weight excluding hydrogens is 292 g/mol. The second-order valence-corrected chi connectivity index (χ2v) is 7.03. The third-order valence-corrected chi connectivity index (χ3v) is 4.88. The van der Waals surface area contributed by atoms with E-state index in [4.69, 9.17) is 0 Å². The molecule has 0 amide bonds. The quantitative estimate of drug-likeness (QED) is 0.263. The summed E-state index contributed by atoms with van der Waals surface area (Å²) in [5, 5.41) is 10.2. The zero-order valence-electron chi connectivity index (χ0n) is 15.9. The van der Waals surface area contributed by atoms with Crippen LogP contribution in [0.4, 0.5) is 0 Å². The van der Waals surface area contributed by atoms with Crippen molar-refractivity contribution in [1.82, 2.24) is 0 Å². The first kappa shape index (κ1) is 20.8. The van der Waals surface area contributed by atoms with Crippen LogP contribution in [0.25, 0.3) is 0 Å². The largest absolute Gasteiger partial charge is 0.508 e. The van der Waals surface area contributed by atoms with E-state index in [2.05, 4.69) is 19.6 Å². The van der Waals surface area contributed by atoms with E-state index in [0.717, 1.165) is 19.3 Å². The lowest BCUT2D eigenvalue weighted by Gasteiger charge is -2.12. The average molecular weight is 331 g/mol. The molecule has 1 rings (SSSR count). The number of phenols is 1. The van der Waals surface area contributed by atoms with Crippen molar-refractivity contribution < 1.29 is 5.11 Å². The van der Waals surface area contributed by atoms with Gasteiger partial charge in [0.2, 0.25) is 0 Å². The van der Waals surface area contributed by atoms with Gasteiger partial charge in [0.25, 0.3) is 0 Å². The summed E-state index contributed by atoms with van der Waals surface area (Å²) >= 11 is 0. The van der Waals surface area contributed by atoms with Crippen LogP contribution >= 0.6 is 0 Å². The van der Waals surface area contributed by atoms with Gasteiger partial charge in [0.05, 0.1) is 0 Å². The van der Waals surface area contributed by atoms with E-state index < -0.39 is 0 Å². The molecule has 0 spiro atoms. The van der Waals surface area contributed by atoms with Crippen LogP contribution in [0.15, 0.2) is 30.9 Å². The highest BCUT2D eigenvalue weighted by molar-refractivity contribution is 5.39. The second kappa shape index (κ2) is 14.1. The van der Waals surface area contributed by atoms with Crippen molar-refractivity contribution in [2.45, 2.75) is 96.8 Å². The third-order valence-electron chi connectivity index (χ3n) is 4.88. The van der Waals surface area contributed by atoms with Crippen molar-refractivity contribution in [2.75, 3.05) is 0 Å². The van der Waals surface area contributed by atoms with Crippen LogP contribution in [0.1, 0.15) is 95.1 Å². The van der Waals surface area contributed by atoms with Gasteiger partial charge in [-0.3, -0.25) is 0 Å². The minimum atomic E-state index is 0.505. The Balaban J connectivity index is 2.30. The molecule has 0 bridgehead atoms. The maximum atomic E-state index is 10.2. The number of aryl methyl sites for hydroxylation is 1. The molecular formula is C23H38O. The van der Waals surface area contributed by atoms with Gasteiger partial charge in [-0.1, -0.05) is 76.5 Å². The van der Waals surface area contributed by atoms with Crippen molar-refractivity contribution in [3.05, 3.63) is 42.0 Å². The Bertz CT molecular complexity index is 436. The summed E-state index contributed by atoms with van der Waals surface area (Å²) < 4.78 is 0. The van der Waals surface area contributed by atoms with Crippen molar-refractivity contribution in [3.63, 3.8) is 0 Å². The van der Waals surface area contributed by atoms with E-state index in [1.165, 1.54) is 81.8 Å². The van der Waals surface area contributed by atoms with Crippen molar-refractivity contribution in [2.24, 2.45) is 0 Å². The first-order valence-corrected chi connectivity index (χ1v) is 10.2. The predicted molar refractivity (Wildman–Crippen MR) is 107 cm³/mol. The number of aromatic hydroxyl groups is 1. The van der Waals surface area contributed by atoms with Gasteiger partial charge in [-0.25, -0.2) is 0 Å². The molecule has 1 aromatic carbocycles. The topological polar surface area (TPSA) is 20.2 Å². The standard InChI is InChI=1S/C23H38O/c1-3-5-7-9-11-13-15-19-22-21(18-16-20-23(22)24)17-14-12-10-8-6-4-2/h3,16,18,20,24H,1,4-15,17,19H2,2H3. The first-order chi connectivity index (χ1) is 11.8. The van der Waals surface area contributed by atoms with Gasteiger partial charge >= 0.3 is 0 Å². The van der Waals surface area contributed by atoms with Gasteiger partial charge in [-0.05, 0) is 55.7 Å². The Labute approximate surface area is 150 Å². The number of hydrogen-bond acceptors (Lipinski definition) is 1. The fraction of sp³-hybridized carbons (Fsp3) is 0.652. The fourth-order valence-electron chi connectivity index (χ4n) is 3.36. The molecule has 0 aromatic heterocycles. The van der Waals surface area contributed by atoms with E-state index in [0.29, 0.717) is 5.75 Å². The summed E-state index contributed by atoms with van der Waals surface area (Å²) in [5.41, 5.74) is 2.58. The molecule has 1 N–H and O–H groups in total. The molecule has 0 saturated heterocycles. The van der Waals surface area contributed by atoms with Crippen LogP contribution in [0.3, 0.4) is 0 Å². The number of allylic oxidation sites excluding steroid dienone is 1. The normalized spacial score (nSPS) is 10.9. The van der Waals surface area contributed by atoms with Gasteiger partial charge in [0, 0.05) is 0 Å². The van der Waals surface area contributed by atoms with Crippen molar-refractivity contribution in [1.29, 1.82) is 0 Å². The molecule has 0 heterocycles. The van der Waals surface area contributed by atoms with Gasteiger partial charge in [-0.15, -0.1) is 6.58 Å². The molecule has 0 aliphatic rings. The molecule has 136 valence electrons. The summed E-state index contributed by atoms with van der Waals surface area (Å²) in [6.07, 6.45) is 19.6. The minimum absolute atomic E-state index is 0.505. The zero-order valence-corrected chi connectivity index (χ0v) is 15.9. The van der Waals surface area contributed by atoms with E-state index in [9.17, 15) is 5.11 Å². The SMILES string of the molecule is C=CCCCCCCCc1c(O)cccc1CCCCCCCC. The van der Waals surface area contributed by atoms with Crippen molar-refractivity contribution in [3.8, 4) is 5.75 Å². The molecule has 0 aliphatic heterocycles. The summed E-state index contributed by atoms with van der Waals surface area (Å²) in [6, 6.07) is 6.07. The Hall–Kier alpha value is -1.24. The van der Waals surface area contributed by atoms with Gasteiger partial charge in [0.15, 0.2) is 0 Å². The highest BCUT2D eigenvalue weighted by atomic mass is 16.3. The molecule has 1 heteroatoms. The van der Waals surface area contributed by atoms with Gasteiger partial charge in [-0.2, -0.15) is 0 Å². The van der Waals surface area contributed by atoms with E-state index in [1.807, 2.05) is 18.2 Å². The lowest BCUT2D eigenvalue weighted by Crippen LogP contribution is -1.96. The van der Waals surface area contributed by atoms with Crippen LogP contribution in [-0.2, 0) is 12.8 Å². The smallest absolute Gasteiger partial charge is 0.119 e. The highest BCUT2D eigenvalue weighted by Crippen LogP contribution is 2.25. The zero-order chi connectivity index (χ0) is 17.5. The minimum Gasteiger partial charge on any atom is -0.508 e. The third kappa shape index (κ3) is 9.15. The van der Waals surface area contributed by atoms with Crippen LogP contribution in [0.2, 0.25) is 0 Å². The number of hydrogen-bond donors (Lipinski definition) is 1. The number of phenolic OH excluding ortho intramolecular Hbond substituents is 1. The first-order valence-electron chi connectivity index (χ1n) is 10.2. The van der Waals surface area contributed by atoms with Crippen LogP contribution < -0.4 is 0 Å². The van der Waals surface area contributed by atoms with E-state index >= 15 is 0 Å². The molecule has 0 unspecified atom stereocenters. The number of rotatable bonds is 15. The van der Waals surface area contributed by atoms with E-state index in [1.54, 1.807) is 0 Å². The monoisotopic (exact) mass is 330 g/mol. The second-order valence-electron chi connectivity index (χ2n) is 7.03. The molecule has 0 saturated carbocycles. The predicted octanol–water partition coefficient (Wildman–Crippen LogP) is 7.36. The Morgan fingerprint density at radius 3 is 2.17 bits per heavy atom. The van der Waals surface area contributed by atoms with Gasteiger partial charge < -0.3 is 5.11 Å². The Morgan fingerprint density at radius 1 is 0.833 bits per heavy atom. The molecule has 24 heavy (non-hydrogen) atoms. The average Bonchev–Trinajstić information content (AvgIpc) is 2.59. The summed E-state index contributed by atoms with van der Waals surface area (Å²) in [7, 11) is 0. The molecule has 0 radical (unpaired) electrons. The molecule has 1 nitrogen and oxygen atoms in total. The van der Waals surface area contributed by atoms with Crippen LogP contribution in [0.5, 0.6) is 5.75 Å². The fourth-order valence-corrected chi connectivity index (χ4v) is 3.36. The van der Waals surface area contributed by atoms with Crippen LogP contribution in [0, 0.1) is 0 Å².